The number of amides is 1. The van der Waals surface area contributed by atoms with Crippen molar-refractivity contribution in [3.05, 3.63) is 29.8 Å². The number of carbonyl (C=O) groups excluding carboxylic acids is 1. The number of nitrogens with one attached hydrogen (secondary N) is 1. The quantitative estimate of drug-likeness (QED) is 0.567. The molecule has 1 unspecified atom stereocenters. The van der Waals surface area contributed by atoms with Crippen LogP contribution in [0.15, 0.2) is 24.3 Å². The lowest BCUT2D eigenvalue weighted by Gasteiger charge is -2.14. The molecule has 0 saturated heterocycles. The number of rotatable bonds is 7. The van der Waals surface area contributed by atoms with E-state index in [2.05, 4.69) is 40.3 Å². The summed E-state index contributed by atoms with van der Waals surface area (Å²) in [6.07, 6.45) is 4.88. The zero-order valence-electron chi connectivity index (χ0n) is 12.1. The summed E-state index contributed by atoms with van der Waals surface area (Å²) in [4.78, 5) is 11.7. The summed E-state index contributed by atoms with van der Waals surface area (Å²) in [7, 11) is 0. The molecule has 0 aliphatic heterocycles. The summed E-state index contributed by atoms with van der Waals surface area (Å²) in [5.41, 5.74) is 2.21. The standard InChI is InChI=1S/C16H24BrNO/c1-4-5-6-7-13-8-10-14(11-9-13)18-16(19)15(17)12(2)3/h8-12,15H,4-7H2,1-3H3,(H,18,19). The van der Waals surface area contributed by atoms with Gasteiger partial charge >= 0.3 is 0 Å². The van der Waals surface area contributed by atoms with Gasteiger partial charge in [-0.05, 0) is 36.5 Å². The molecule has 1 amide bonds. The first-order chi connectivity index (χ1) is 9.04. The lowest BCUT2D eigenvalue weighted by Crippen LogP contribution is -2.26. The molecular weight excluding hydrogens is 302 g/mol. The number of hydrogen-bond acceptors (Lipinski definition) is 1. The van der Waals surface area contributed by atoms with Crippen LogP contribution in [-0.4, -0.2) is 10.7 Å². The molecule has 19 heavy (non-hydrogen) atoms. The van der Waals surface area contributed by atoms with Crippen LogP contribution in [0.2, 0.25) is 0 Å². The highest BCUT2D eigenvalue weighted by molar-refractivity contribution is 9.10. The maximum Gasteiger partial charge on any atom is 0.238 e. The monoisotopic (exact) mass is 325 g/mol. The first-order valence-corrected chi connectivity index (χ1v) is 8.00. The second-order valence-corrected chi connectivity index (χ2v) is 6.28. The van der Waals surface area contributed by atoms with Gasteiger partial charge in [0.2, 0.25) is 5.91 Å². The normalized spacial score (nSPS) is 12.5. The van der Waals surface area contributed by atoms with Crippen molar-refractivity contribution in [3.63, 3.8) is 0 Å². The van der Waals surface area contributed by atoms with Crippen LogP contribution >= 0.6 is 15.9 Å². The van der Waals surface area contributed by atoms with Gasteiger partial charge in [0.05, 0.1) is 4.83 Å². The number of hydrogen-bond donors (Lipinski definition) is 1. The van der Waals surface area contributed by atoms with Crippen LogP contribution in [0.5, 0.6) is 0 Å². The van der Waals surface area contributed by atoms with Gasteiger partial charge in [0.1, 0.15) is 0 Å². The van der Waals surface area contributed by atoms with E-state index in [1.165, 1.54) is 24.8 Å². The van der Waals surface area contributed by atoms with E-state index in [0.29, 0.717) is 0 Å². The van der Waals surface area contributed by atoms with Gasteiger partial charge in [-0.1, -0.05) is 61.7 Å². The highest BCUT2D eigenvalue weighted by atomic mass is 79.9. The van der Waals surface area contributed by atoms with Crippen LogP contribution in [0.1, 0.15) is 45.6 Å². The summed E-state index contributed by atoms with van der Waals surface area (Å²) in [6, 6.07) is 8.17. The van der Waals surface area contributed by atoms with E-state index in [-0.39, 0.29) is 16.7 Å². The lowest BCUT2D eigenvalue weighted by atomic mass is 10.1. The highest BCUT2D eigenvalue weighted by Gasteiger charge is 2.18. The molecule has 0 heterocycles. The Labute approximate surface area is 125 Å². The van der Waals surface area contributed by atoms with E-state index in [1.807, 2.05) is 26.0 Å². The van der Waals surface area contributed by atoms with Crippen molar-refractivity contribution >= 4 is 27.5 Å². The van der Waals surface area contributed by atoms with Crippen LogP contribution < -0.4 is 5.32 Å². The van der Waals surface area contributed by atoms with Gasteiger partial charge in [0.25, 0.3) is 0 Å². The Morgan fingerprint density at radius 2 is 1.84 bits per heavy atom. The number of aryl methyl sites for hydroxylation is 1. The minimum Gasteiger partial charge on any atom is -0.325 e. The predicted molar refractivity (Wildman–Crippen MR) is 85.9 cm³/mol. The maximum absolute atomic E-state index is 11.9. The topological polar surface area (TPSA) is 29.1 Å². The van der Waals surface area contributed by atoms with Crippen molar-refractivity contribution in [2.45, 2.75) is 51.3 Å². The molecule has 0 aromatic heterocycles. The molecular formula is C16H24BrNO. The van der Waals surface area contributed by atoms with Crippen LogP contribution in [0, 0.1) is 5.92 Å². The lowest BCUT2D eigenvalue weighted by molar-refractivity contribution is -0.116. The Hall–Kier alpha value is -0.830. The first kappa shape index (κ1) is 16.2. The Bertz CT molecular complexity index is 386. The average molecular weight is 326 g/mol. The fraction of sp³-hybridized carbons (Fsp3) is 0.562. The third-order valence-corrected chi connectivity index (χ3v) is 4.60. The zero-order chi connectivity index (χ0) is 14.3. The molecule has 1 aromatic rings. The van der Waals surface area contributed by atoms with Crippen molar-refractivity contribution in [2.75, 3.05) is 5.32 Å². The van der Waals surface area contributed by atoms with Crippen molar-refractivity contribution in [1.82, 2.24) is 0 Å². The van der Waals surface area contributed by atoms with Crippen LogP contribution in [0.4, 0.5) is 5.69 Å². The van der Waals surface area contributed by atoms with Gasteiger partial charge in [-0.2, -0.15) is 0 Å². The molecule has 0 aliphatic carbocycles. The number of alkyl halides is 1. The largest absolute Gasteiger partial charge is 0.325 e. The predicted octanol–water partition coefficient (Wildman–Crippen LogP) is 4.78. The van der Waals surface area contributed by atoms with Gasteiger partial charge < -0.3 is 5.32 Å². The molecule has 106 valence electrons. The van der Waals surface area contributed by atoms with Crippen LogP contribution in [-0.2, 0) is 11.2 Å². The average Bonchev–Trinajstić information content (AvgIpc) is 2.40. The second-order valence-electron chi connectivity index (χ2n) is 5.29. The highest BCUT2D eigenvalue weighted by Crippen LogP contribution is 2.17. The van der Waals surface area contributed by atoms with Crippen molar-refractivity contribution in [3.8, 4) is 0 Å². The van der Waals surface area contributed by atoms with Gasteiger partial charge in [-0.25, -0.2) is 0 Å². The Morgan fingerprint density at radius 1 is 1.21 bits per heavy atom. The number of halogens is 1. The fourth-order valence-electron chi connectivity index (χ4n) is 1.85. The van der Waals surface area contributed by atoms with E-state index in [9.17, 15) is 4.79 Å². The fourth-order valence-corrected chi connectivity index (χ4v) is 1.96. The maximum atomic E-state index is 11.9. The molecule has 1 atom stereocenters. The summed E-state index contributed by atoms with van der Waals surface area (Å²) in [6.45, 7) is 6.26. The summed E-state index contributed by atoms with van der Waals surface area (Å²) in [5, 5.41) is 2.93. The summed E-state index contributed by atoms with van der Waals surface area (Å²) in [5.74, 6) is 0.307. The van der Waals surface area contributed by atoms with E-state index in [1.54, 1.807) is 0 Å². The first-order valence-electron chi connectivity index (χ1n) is 7.08. The molecule has 0 bridgehead atoms. The van der Waals surface area contributed by atoms with Crippen molar-refractivity contribution in [2.24, 2.45) is 5.92 Å². The number of unbranched alkanes of at least 4 members (excludes halogenated alkanes) is 2. The molecule has 2 nitrogen and oxygen atoms in total. The Morgan fingerprint density at radius 3 is 2.37 bits per heavy atom. The molecule has 3 heteroatoms. The molecule has 0 spiro atoms. The zero-order valence-corrected chi connectivity index (χ0v) is 13.7. The third kappa shape index (κ3) is 5.77. The van der Waals surface area contributed by atoms with E-state index < -0.39 is 0 Å². The number of benzene rings is 1. The summed E-state index contributed by atoms with van der Waals surface area (Å²) >= 11 is 3.41. The van der Waals surface area contributed by atoms with Gasteiger partial charge in [0.15, 0.2) is 0 Å². The van der Waals surface area contributed by atoms with Crippen molar-refractivity contribution in [1.29, 1.82) is 0 Å². The van der Waals surface area contributed by atoms with Crippen LogP contribution in [0.3, 0.4) is 0 Å². The van der Waals surface area contributed by atoms with Crippen LogP contribution in [0.25, 0.3) is 0 Å². The van der Waals surface area contributed by atoms with E-state index in [4.69, 9.17) is 0 Å². The molecule has 0 radical (unpaired) electrons. The number of anilines is 1. The minimum atomic E-state index is -0.142. The second kappa shape index (κ2) is 8.36. The minimum absolute atomic E-state index is 0.0220. The molecule has 1 aromatic carbocycles. The Balaban J connectivity index is 2.50. The molecule has 1 rings (SSSR count). The molecule has 0 aliphatic rings. The molecule has 0 saturated carbocycles. The van der Waals surface area contributed by atoms with E-state index in [0.717, 1.165) is 12.1 Å². The number of carbonyl (C=O) groups is 1. The Kier molecular flexibility index (Phi) is 7.14. The molecule has 0 fully saturated rings. The summed E-state index contributed by atoms with van der Waals surface area (Å²) < 4.78 is 0. The van der Waals surface area contributed by atoms with Gasteiger partial charge in [0, 0.05) is 5.69 Å². The SMILES string of the molecule is CCCCCc1ccc(NC(=O)C(Br)C(C)C)cc1. The van der Waals surface area contributed by atoms with Gasteiger partial charge in [-0.3, -0.25) is 4.79 Å². The smallest absolute Gasteiger partial charge is 0.238 e. The van der Waals surface area contributed by atoms with E-state index >= 15 is 0 Å². The molecule has 1 N–H and O–H groups in total. The van der Waals surface area contributed by atoms with Crippen molar-refractivity contribution < 1.29 is 4.79 Å². The third-order valence-electron chi connectivity index (χ3n) is 3.13. The van der Waals surface area contributed by atoms with Gasteiger partial charge in [-0.15, -0.1) is 0 Å².